The summed E-state index contributed by atoms with van der Waals surface area (Å²) in [5, 5.41) is 0. The Bertz CT molecular complexity index is 206. The van der Waals surface area contributed by atoms with Crippen molar-refractivity contribution in [2.75, 3.05) is 20.8 Å². The summed E-state index contributed by atoms with van der Waals surface area (Å²) in [6.45, 7) is 7.85. The Kier molecular flexibility index (Phi) is 4.15. The van der Waals surface area contributed by atoms with Gasteiger partial charge in [-0.25, -0.2) is 5.48 Å². The van der Waals surface area contributed by atoms with Crippen LogP contribution in [0.3, 0.4) is 0 Å². The molecule has 0 amide bonds. The van der Waals surface area contributed by atoms with E-state index in [1.165, 1.54) is 6.42 Å². The summed E-state index contributed by atoms with van der Waals surface area (Å²) in [7, 11) is 3.49. The third-order valence-electron chi connectivity index (χ3n) is 3.38. The molecule has 15 heavy (non-hydrogen) atoms. The van der Waals surface area contributed by atoms with Gasteiger partial charge in [0, 0.05) is 13.7 Å². The highest BCUT2D eigenvalue weighted by Crippen LogP contribution is 2.46. The fourth-order valence-corrected chi connectivity index (χ4v) is 3.09. The van der Waals surface area contributed by atoms with Gasteiger partial charge in [0.1, 0.15) is 0 Å². The van der Waals surface area contributed by atoms with E-state index in [1.54, 1.807) is 7.11 Å². The molecule has 3 nitrogen and oxygen atoms in total. The highest BCUT2D eigenvalue weighted by Gasteiger charge is 2.41. The van der Waals surface area contributed by atoms with Gasteiger partial charge in [0.05, 0.1) is 13.2 Å². The predicted molar refractivity (Wildman–Crippen MR) is 61.5 cm³/mol. The van der Waals surface area contributed by atoms with E-state index in [4.69, 9.17) is 9.57 Å². The third-order valence-corrected chi connectivity index (χ3v) is 3.38. The first-order valence-corrected chi connectivity index (χ1v) is 5.69. The number of hydroxylamine groups is 1. The zero-order valence-corrected chi connectivity index (χ0v) is 10.7. The fraction of sp³-hybridized carbons (Fsp3) is 1.00. The van der Waals surface area contributed by atoms with Crippen LogP contribution in [-0.4, -0.2) is 26.9 Å². The topological polar surface area (TPSA) is 30.5 Å². The normalized spacial score (nSPS) is 35.4. The largest absolute Gasteiger partial charge is 0.381 e. The van der Waals surface area contributed by atoms with Crippen molar-refractivity contribution in [2.24, 2.45) is 10.8 Å². The molecule has 2 atom stereocenters. The van der Waals surface area contributed by atoms with Crippen molar-refractivity contribution in [3.63, 3.8) is 0 Å². The first kappa shape index (κ1) is 12.9. The first-order chi connectivity index (χ1) is 6.91. The maximum absolute atomic E-state index is 5.53. The maximum atomic E-state index is 5.53. The summed E-state index contributed by atoms with van der Waals surface area (Å²) < 4.78 is 5.53. The number of methoxy groups -OCH3 is 1. The molecule has 0 aromatic heterocycles. The molecule has 1 rings (SSSR count). The first-order valence-electron chi connectivity index (χ1n) is 5.69. The molecule has 0 aromatic carbocycles. The summed E-state index contributed by atoms with van der Waals surface area (Å²) >= 11 is 0. The van der Waals surface area contributed by atoms with E-state index in [2.05, 4.69) is 26.3 Å². The molecule has 1 fully saturated rings. The van der Waals surface area contributed by atoms with Crippen LogP contribution in [-0.2, 0) is 9.57 Å². The van der Waals surface area contributed by atoms with E-state index in [9.17, 15) is 0 Å². The quantitative estimate of drug-likeness (QED) is 0.730. The SMILES string of the molecule is CONCC1(C)CC(OC)CC(C)(C)C1. The average molecular weight is 215 g/mol. The Morgan fingerprint density at radius 2 is 1.87 bits per heavy atom. The second-order valence-electron chi connectivity index (χ2n) is 5.94. The summed E-state index contributed by atoms with van der Waals surface area (Å²) in [6.07, 6.45) is 3.88. The van der Waals surface area contributed by atoms with Gasteiger partial charge >= 0.3 is 0 Å². The summed E-state index contributed by atoms with van der Waals surface area (Å²) in [5.41, 5.74) is 3.63. The minimum absolute atomic E-state index is 0.276. The molecule has 1 saturated carbocycles. The van der Waals surface area contributed by atoms with Crippen LogP contribution in [0.5, 0.6) is 0 Å². The van der Waals surface area contributed by atoms with Gasteiger partial charge in [0.2, 0.25) is 0 Å². The Balaban J connectivity index is 2.63. The smallest absolute Gasteiger partial charge is 0.0582 e. The average Bonchev–Trinajstić information content (AvgIpc) is 2.12. The fourth-order valence-electron chi connectivity index (χ4n) is 3.09. The van der Waals surface area contributed by atoms with Gasteiger partial charge < -0.3 is 9.57 Å². The van der Waals surface area contributed by atoms with Crippen LogP contribution >= 0.6 is 0 Å². The minimum atomic E-state index is 0.276. The Labute approximate surface area is 93.5 Å². The van der Waals surface area contributed by atoms with Gasteiger partial charge in [-0.2, -0.15) is 0 Å². The van der Waals surface area contributed by atoms with Crippen molar-refractivity contribution in [3.05, 3.63) is 0 Å². The number of rotatable bonds is 4. The summed E-state index contributed by atoms with van der Waals surface area (Å²) in [4.78, 5) is 4.96. The van der Waals surface area contributed by atoms with Gasteiger partial charge in [0.25, 0.3) is 0 Å². The van der Waals surface area contributed by atoms with E-state index < -0.39 is 0 Å². The van der Waals surface area contributed by atoms with E-state index in [1.807, 2.05) is 7.11 Å². The van der Waals surface area contributed by atoms with Crippen molar-refractivity contribution in [1.29, 1.82) is 0 Å². The number of nitrogens with one attached hydrogen (secondary N) is 1. The van der Waals surface area contributed by atoms with Gasteiger partial charge in [-0.1, -0.05) is 20.8 Å². The zero-order valence-electron chi connectivity index (χ0n) is 10.7. The maximum Gasteiger partial charge on any atom is 0.0582 e. The van der Waals surface area contributed by atoms with E-state index in [0.717, 1.165) is 19.4 Å². The van der Waals surface area contributed by atoms with Gasteiger partial charge in [-0.3, -0.25) is 0 Å². The second kappa shape index (κ2) is 4.81. The number of hydrogen-bond acceptors (Lipinski definition) is 3. The van der Waals surface area contributed by atoms with Crippen LogP contribution < -0.4 is 5.48 Å². The number of ether oxygens (including phenoxy) is 1. The van der Waals surface area contributed by atoms with Crippen molar-refractivity contribution < 1.29 is 9.57 Å². The van der Waals surface area contributed by atoms with Gasteiger partial charge in [0.15, 0.2) is 0 Å². The van der Waals surface area contributed by atoms with Gasteiger partial charge in [-0.05, 0) is 30.1 Å². The predicted octanol–water partition coefficient (Wildman–Crippen LogP) is 2.37. The standard InChI is InChI=1S/C12H25NO2/c1-11(2)6-10(14-4)7-12(3,8-11)9-13-15-5/h10,13H,6-9H2,1-5H3. The lowest BCUT2D eigenvalue weighted by Crippen LogP contribution is -2.44. The lowest BCUT2D eigenvalue weighted by atomic mass is 9.63. The van der Waals surface area contributed by atoms with Crippen molar-refractivity contribution in [2.45, 2.75) is 46.1 Å². The molecule has 1 aliphatic rings. The highest BCUT2D eigenvalue weighted by molar-refractivity contribution is 4.92. The number of hydrogen-bond donors (Lipinski definition) is 1. The van der Waals surface area contributed by atoms with Crippen LogP contribution in [0.2, 0.25) is 0 Å². The van der Waals surface area contributed by atoms with E-state index in [-0.39, 0.29) is 5.41 Å². The lowest BCUT2D eigenvalue weighted by molar-refractivity contribution is -0.0495. The van der Waals surface area contributed by atoms with Crippen LogP contribution in [0, 0.1) is 10.8 Å². The molecule has 0 bridgehead atoms. The van der Waals surface area contributed by atoms with E-state index in [0.29, 0.717) is 11.5 Å². The summed E-state index contributed by atoms with van der Waals surface area (Å²) in [5.74, 6) is 0. The Hall–Kier alpha value is -0.120. The third kappa shape index (κ3) is 3.74. The van der Waals surface area contributed by atoms with Crippen molar-refractivity contribution in [3.8, 4) is 0 Å². The Morgan fingerprint density at radius 3 is 2.40 bits per heavy atom. The minimum Gasteiger partial charge on any atom is -0.381 e. The molecule has 0 heterocycles. The lowest BCUT2D eigenvalue weighted by Gasteiger charge is -2.46. The molecule has 90 valence electrons. The Morgan fingerprint density at radius 1 is 1.20 bits per heavy atom. The monoisotopic (exact) mass is 215 g/mol. The zero-order chi connectivity index (χ0) is 11.5. The second-order valence-corrected chi connectivity index (χ2v) is 5.94. The molecule has 0 aliphatic heterocycles. The van der Waals surface area contributed by atoms with Crippen LogP contribution in [0.1, 0.15) is 40.0 Å². The van der Waals surface area contributed by atoms with Crippen LogP contribution in [0.15, 0.2) is 0 Å². The molecular weight excluding hydrogens is 190 g/mol. The van der Waals surface area contributed by atoms with Crippen molar-refractivity contribution >= 4 is 0 Å². The molecule has 0 aromatic rings. The van der Waals surface area contributed by atoms with Crippen molar-refractivity contribution in [1.82, 2.24) is 5.48 Å². The molecule has 0 spiro atoms. The molecule has 1 N–H and O–H groups in total. The molecular formula is C12H25NO2. The molecule has 0 saturated heterocycles. The van der Waals surface area contributed by atoms with Crippen LogP contribution in [0.25, 0.3) is 0 Å². The molecule has 0 radical (unpaired) electrons. The van der Waals surface area contributed by atoms with Crippen LogP contribution in [0.4, 0.5) is 0 Å². The summed E-state index contributed by atoms with van der Waals surface area (Å²) in [6, 6.07) is 0. The van der Waals surface area contributed by atoms with E-state index >= 15 is 0 Å². The molecule has 3 heteroatoms. The molecule has 1 aliphatic carbocycles. The molecule has 2 unspecified atom stereocenters. The highest BCUT2D eigenvalue weighted by atomic mass is 16.6. The van der Waals surface area contributed by atoms with Gasteiger partial charge in [-0.15, -0.1) is 0 Å².